The van der Waals surface area contributed by atoms with E-state index in [-0.39, 0.29) is 5.91 Å². The zero-order valence-electron chi connectivity index (χ0n) is 15.6. The number of thioether (sulfide) groups is 1. The van der Waals surface area contributed by atoms with E-state index in [1.165, 1.54) is 11.8 Å². The van der Waals surface area contributed by atoms with Crippen molar-refractivity contribution in [2.75, 3.05) is 12.3 Å². The molecule has 7 heteroatoms. The molecular weight excluding hydrogens is 348 g/mol. The second-order valence-electron chi connectivity index (χ2n) is 6.39. The van der Waals surface area contributed by atoms with Crippen LogP contribution < -0.4 is 10.1 Å². The SMILES string of the molecule is C=CCn1c(COc2cccc(C)c2)nnc1SCC(=O)NCC(C)C. The zero-order valence-corrected chi connectivity index (χ0v) is 16.4. The lowest BCUT2D eigenvalue weighted by Gasteiger charge is -2.10. The monoisotopic (exact) mass is 374 g/mol. The number of allylic oxidation sites excluding steroid dienone is 1. The van der Waals surface area contributed by atoms with E-state index in [9.17, 15) is 4.79 Å². The average molecular weight is 375 g/mol. The van der Waals surface area contributed by atoms with Gasteiger partial charge in [-0.1, -0.05) is 43.8 Å². The van der Waals surface area contributed by atoms with Gasteiger partial charge in [0.2, 0.25) is 5.91 Å². The highest BCUT2D eigenvalue weighted by Crippen LogP contribution is 2.19. The lowest BCUT2D eigenvalue weighted by Crippen LogP contribution is -2.28. The molecule has 0 unspecified atom stereocenters. The maximum atomic E-state index is 11.9. The van der Waals surface area contributed by atoms with Gasteiger partial charge >= 0.3 is 0 Å². The van der Waals surface area contributed by atoms with Gasteiger partial charge in [-0.2, -0.15) is 0 Å². The molecule has 1 aromatic carbocycles. The van der Waals surface area contributed by atoms with E-state index in [1.807, 2.05) is 35.8 Å². The van der Waals surface area contributed by atoms with Crippen LogP contribution in [0.1, 0.15) is 25.2 Å². The fourth-order valence-electron chi connectivity index (χ4n) is 2.20. The van der Waals surface area contributed by atoms with E-state index >= 15 is 0 Å². The van der Waals surface area contributed by atoms with E-state index in [0.29, 0.717) is 42.3 Å². The van der Waals surface area contributed by atoms with Gasteiger partial charge in [-0.15, -0.1) is 16.8 Å². The number of ether oxygens (including phenoxy) is 1. The number of aromatic nitrogens is 3. The van der Waals surface area contributed by atoms with Crippen LogP contribution in [-0.4, -0.2) is 33.0 Å². The first-order valence-corrected chi connectivity index (χ1v) is 9.60. The Morgan fingerprint density at radius 2 is 2.23 bits per heavy atom. The molecule has 0 bridgehead atoms. The van der Waals surface area contributed by atoms with Crippen LogP contribution in [0.15, 0.2) is 42.1 Å². The molecule has 1 heterocycles. The van der Waals surface area contributed by atoms with Gasteiger partial charge in [0, 0.05) is 13.1 Å². The second-order valence-corrected chi connectivity index (χ2v) is 7.33. The third kappa shape index (κ3) is 6.22. The standard InChI is InChI=1S/C19H26N4O2S/c1-5-9-23-17(12-25-16-8-6-7-15(4)10-16)21-22-19(23)26-13-18(24)20-11-14(2)3/h5-8,10,14H,1,9,11-13H2,2-4H3,(H,20,24). The summed E-state index contributed by atoms with van der Waals surface area (Å²) in [6.07, 6.45) is 1.78. The number of benzene rings is 1. The van der Waals surface area contributed by atoms with Gasteiger partial charge in [0.1, 0.15) is 12.4 Å². The highest BCUT2D eigenvalue weighted by atomic mass is 32.2. The van der Waals surface area contributed by atoms with Crippen molar-refractivity contribution in [3.05, 3.63) is 48.3 Å². The number of aryl methyl sites for hydroxylation is 1. The summed E-state index contributed by atoms with van der Waals surface area (Å²) >= 11 is 1.37. The van der Waals surface area contributed by atoms with Gasteiger partial charge < -0.3 is 10.1 Å². The van der Waals surface area contributed by atoms with Crippen molar-refractivity contribution in [3.63, 3.8) is 0 Å². The summed E-state index contributed by atoms with van der Waals surface area (Å²) < 4.78 is 7.74. The summed E-state index contributed by atoms with van der Waals surface area (Å²) in [4.78, 5) is 11.9. The first-order valence-electron chi connectivity index (χ1n) is 8.61. The van der Waals surface area contributed by atoms with Crippen LogP contribution in [0.4, 0.5) is 0 Å². The number of carbonyl (C=O) groups is 1. The summed E-state index contributed by atoms with van der Waals surface area (Å²) in [7, 11) is 0. The van der Waals surface area contributed by atoms with Crippen molar-refractivity contribution >= 4 is 17.7 Å². The lowest BCUT2D eigenvalue weighted by atomic mass is 10.2. The Balaban J connectivity index is 1.98. The first-order chi connectivity index (χ1) is 12.5. The summed E-state index contributed by atoms with van der Waals surface area (Å²) in [5.41, 5.74) is 1.14. The van der Waals surface area contributed by atoms with Crippen LogP contribution in [0, 0.1) is 12.8 Å². The van der Waals surface area contributed by atoms with E-state index in [4.69, 9.17) is 4.74 Å². The third-order valence-corrected chi connectivity index (χ3v) is 4.47. The molecular formula is C19H26N4O2S. The fraction of sp³-hybridized carbons (Fsp3) is 0.421. The number of rotatable bonds is 10. The third-order valence-electron chi connectivity index (χ3n) is 3.50. The molecule has 1 N–H and O–H groups in total. The molecule has 0 spiro atoms. The molecule has 0 fully saturated rings. The lowest BCUT2D eigenvalue weighted by molar-refractivity contribution is -0.118. The normalized spacial score (nSPS) is 10.8. The quantitative estimate of drug-likeness (QED) is 0.511. The van der Waals surface area contributed by atoms with E-state index in [2.05, 4.69) is 35.9 Å². The van der Waals surface area contributed by atoms with Crippen LogP contribution in [0.5, 0.6) is 5.75 Å². The van der Waals surface area contributed by atoms with Gasteiger partial charge in [-0.25, -0.2) is 0 Å². The molecule has 2 aromatic rings. The van der Waals surface area contributed by atoms with Crippen LogP contribution in [-0.2, 0) is 17.9 Å². The molecule has 0 radical (unpaired) electrons. The van der Waals surface area contributed by atoms with Crippen molar-refractivity contribution in [3.8, 4) is 5.75 Å². The highest BCUT2D eigenvalue weighted by Gasteiger charge is 2.14. The molecule has 0 atom stereocenters. The van der Waals surface area contributed by atoms with Crippen molar-refractivity contribution in [1.29, 1.82) is 0 Å². The van der Waals surface area contributed by atoms with E-state index < -0.39 is 0 Å². The van der Waals surface area contributed by atoms with E-state index in [0.717, 1.165) is 11.3 Å². The molecule has 26 heavy (non-hydrogen) atoms. The number of amides is 1. The van der Waals surface area contributed by atoms with Gasteiger partial charge in [0.15, 0.2) is 11.0 Å². The molecule has 6 nitrogen and oxygen atoms in total. The molecule has 1 aromatic heterocycles. The Morgan fingerprint density at radius 1 is 1.42 bits per heavy atom. The summed E-state index contributed by atoms with van der Waals surface area (Å²) in [5, 5.41) is 12.0. The average Bonchev–Trinajstić information content (AvgIpc) is 2.98. The molecule has 0 aliphatic rings. The number of nitrogens with one attached hydrogen (secondary N) is 1. The Labute approximate surface area is 159 Å². The Bertz CT molecular complexity index is 743. The predicted octanol–water partition coefficient (Wildman–Crippen LogP) is 3.22. The highest BCUT2D eigenvalue weighted by molar-refractivity contribution is 7.99. The molecule has 0 saturated heterocycles. The van der Waals surface area contributed by atoms with Gasteiger partial charge in [-0.3, -0.25) is 9.36 Å². The first kappa shape index (κ1) is 20.0. The Hall–Kier alpha value is -2.28. The zero-order chi connectivity index (χ0) is 18.9. The van der Waals surface area contributed by atoms with Crippen LogP contribution in [0.3, 0.4) is 0 Å². The van der Waals surface area contributed by atoms with Gasteiger partial charge in [0.05, 0.1) is 5.75 Å². The largest absolute Gasteiger partial charge is 0.486 e. The Morgan fingerprint density at radius 3 is 2.92 bits per heavy atom. The van der Waals surface area contributed by atoms with Gasteiger partial charge in [0.25, 0.3) is 0 Å². The molecule has 0 aliphatic heterocycles. The number of nitrogens with zero attached hydrogens (tertiary/aromatic N) is 3. The number of hydrogen-bond acceptors (Lipinski definition) is 5. The van der Waals surface area contributed by atoms with Crippen molar-refractivity contribution in [1.82, 2.24) is 20.1 Å². The Kier molecular flexibility index (Phi) is 7.72. The fourth-order valence-corrected chi connectivity index (χ4v) is 2.99. The van der Waals surface area contributed by atoms with Crippen LogP contribution in [0.25, 0.3) is 0 Å². The molecule has 1 amide bonds. The minimum absolute atomic E-state index is 0.00517. The molecule has 140 valence electrons. The summed E-state index contributed by atoms with van der Waals surface area (Å²) in [6.45, 7) is 11.5. The van der Waals surface area contributed by atoms with Crippen LogP contribution >= 0.6 is 11.8 Å². The van der Waals surface area contributed by atoms with Crippen molar-refractivity contribution in [2.24, 2.45) is 5.92 Å². The van der Waals surface area contributed by atoms with Crippen molar-refractivity contribution in [2.45, 2.75) is 39.1 Å². The maximum absolute atomic E-state index is 11.9. The minimum Gasteiger partial charge on any atom is -0.486 e. The molecule has 2 rings (SSSR count). The van der Waals surface area contributed by atoms with Crippen molar-refractivity contribution < 1.29 is 9.53 Å². The predicted molar refractivity (Wildman–Crippen MR) is 104 cm³/mol. The summed E-state index contributed by atoms with van der Waals surface area (Å²) in [5.74, 6) is 2.23. The number of hydrogen-bond donors (Lipinski definition) is 1. The maximum Gasteiger partial charge on any atom is 0.230 e. The van der Waals surface area contributed by atoms with Crippen LogP contribution in [0.2, 0.25) is 0 Å². The van der Waals surface area contributed by atoms with E-state index in [1.54, 1.807) is 6.08 Å². The number of carbonyl (C=O) groups excluding carboxylic acids is 1. The minimum atomic E-state index is -0.00517. The second kappa shape index (κ2) is 10.0. The van der Waals surface area contributed by atoms with Gasteiger partial charge in [-0.05, 0) is 30.5 Å². The molecule has 0 aliphatic carbocycles. The smallest absolute Gasteiger partial charge is 0.230 e. The summed E-state index contributed by atoms with van der Waals surface area (Å²) in [6, 6.07) is 7.86. The molecule has 0 saturated carbocycles. The topological polar surface area (TPSA) is 69.0 Å².